The summed E-state index contributed by atoms with van der Waals surface area (Å²) in [6, 6.07) is 6.25. The summed E-state index contributed by atoms with van der Waals surface area (Å²) in [6.45, 7) is 2.13. The van der Waals surface area contributed by atoms with Gasteiger partial charge in [0, 0.05) is 29.7 Å². The molecule has 0 unspecified atom stereocenters. The molecule has 0 aliphatic carbocycles. The van der Waals surface area contributed by atoms with Gasteiger partial charge in [-0.05, 0) is 18.1 Å². The molecule has 72 valence electrons. The Morgan fingerprint density at radius 2 is 2.21 bits per heavy atom. The van der Waals surface area contributed by atoms with E-state index in [-0.39, 0.29) is 0 Å². The van der Waals surface area contributed by atoms with Crippen LogP contribution in [0.15, 0.2) is 24.4 Å². The molecule has 0 saturated carbocycles. The maximum absolute atomic E-state index is 10.8. The molecule has 2 aromatic rings. The van der Waals surface area contributed by atoms with Crippen LogP contribution in [0.2, 0.25) is 0 Å². The smallest absolute Gasteiger partial charge is 0.152 e. The van der Waals surface area contributed by atoms with Crippen molar-refractivity contribution >= 4 is 17.2 Å². The highest BCUT2D eigenvalue weighted by molar-refractivity contribution is 5.97. The molecule has 0 radical (unpaired) electrons. The summed E-state index contributed by atoms with van der Waals surface area (Å²) >= 11 is 0. The molecule has 0 N–H and O–H groups in total. The zero-order chi connectivity index (χ0) is 10.1. The average molecular weight is 187 g/mol. The van der Waals surface area contributed by atoms with Crippen LogP contribution in [0.1, 0.15) is 22.8 Å². The van der Waals surface area contributed by atoms with Crippen molar-refractivity contribution in [1.29, 1.82) is 0 Å². The largest absolute Gasteiger partial charge is 0.350 e. The second kappa shape index (κ2) is 3.29. The summed E-state index contributed by atoms with van der Waals surface area (Å²) in [5.74, 6) is 0. The molecule has 1 aromatic carbocycles. The summed E-state index contributed by atoms with van der Waals surface area (Å²) in [4.78, 5) is 10.8. The molecule has 2 heteroatoms. The number of nitrogens with zero attached hydrogens (tertiary/aromatic N) is 1. The van der Waals surface area contributed by atoms with E-state index in [0.717, 1.165) is 29.2 Å². The van der Waals surface area contributed by atoms with E-state index in [1.807, 2.05) is 23.9 Å². The van der Waals surface area contributed by atoms with Crippen LogP contribution in [0.3, 0.4) is 0 Å². The topological polar surface area (TPSA) is 22.0 Å². The summed E-state index contributed by atoms with van der Waals surface area (Å²) < 4.78 is 2.00. The zero-order valence-electron chi connectivity index (χ0n) is 8.45. The molecule has 1 heterocycles. The third-order valence-corrected chi connectivity index (χ3v) is 2.62. The van der Waals surface area contributed by atoms with Gasteiger partial charge >= 0.3 is 0 Å². The van der Waals surface area contributed by atoms with Gasteiger partial charge in [0.25, 0.3) is 0 Å². The van der Waals surface area contributed by atoms with Crippen molar-refractivity contribution in [2.75, 3.05) is 0 Å². The van der Waals surface area contributed by atoms with Crippen LogP contribution in [-0.4, -0.2) is 10.9 Å². The third kappa shape index (κ3) is 1.23. The SMILES string of the molecule is CCc1ccc2c(C=O)cn(C)c2c1. The Kier molecular flexibility index (Phi) is 2.12. The van der Waals surface area contributed by atoms with Crippen molar-refractivity contribution in [1.82, 2.24) is 4.57 Å². The molecule has 0 spiro atoms. The van der Waals surface area contributed by atoms with Gasteiger partial charge in [0.1, 0.15) is 0 Å². The third-order valence-electron chi connectivity index (χ3n) is 2.62. The molecule has 1 aromatic heterocycles. The molecule has 14 heavy (non-hydrogen) atoms. The predicted octanol–water partition coefficient (Wildman–Crippen LogP) is 2.55. The van der Waals surface area contributed by atoms with Gasteiger partial charge < -0.3 is 4.57 Å². The van der Waals surface area contributed by atoms with Crippen molar-refractivity contribution in [2.45, 2.75) is 13.3 Å². The molecule has 0 fully saturated rings. The highest BCUT2D eigenvalue weighted by Crippen LogP contribution is 2.20. The number of rotatable bonds is 2. The highest BCUT2D eigenvalue weighted by Gasteiger charge is 2.05. The van der Waals surface area contributed by atoms with Crippen LogP contribution in [0.5, 0.6) is 0 Å². The number of carbonyl (C=O) groups is 1. The van der Waals surface area contributed by atoms with Gasteiger partial charge in [0.05, 0.1) is 0 Å². The van der Waals surface area contributed by atoms with Crippen molar-refractivity contribution in [2.24, 2.45) is 7.05 Å². The van der Waals surface area contributed by atoms with E-state index in [2.05, 4.69) is 19.1 Å². The molecular weight excluding hydrogens is 174 g/mol. The molecule has 0 aliphatic rings. The first-order chi connectivity index (χ1) is 6.76. The lowest BCUT2D eigenvalue weighted by Gasteiger charge is -1.99. The first kappa shape index (κ1) is 9.00. The number of hydrogen-bond donors (Lipinski definition) is 0. The van der Waals surface area contributed by atoms with Gasteiger partial charge in [0.2, 0.25) is 0 Å². The summed E-state index contributed by atoms with van der Waals surface area (Å²) in [5, 5.41) is 1.04. The van der Waals surface area contributed by atoms with Gasteiger partial charge in [-0.25, -0.2) is 0 Å². The molecule has 0 aliphatic heterocycles. The Bertz CT molecular complexity index is 482. The second-order valence-corrected chi connectivity index (χ2v) is 3.52. The highest BCUT2D eigenvalue weighted by atomic mass is 16.1. The Morgan fingerprint density at radius 1 is 1.43 bits per heavy atom. The molecule has 0 saturated heterocycles. The normalized spacial score (nSPS) is 10.7. The maximum Gasteiger partial charge on any atom is 0.152 e. The van der Waals surface area contributed by atoms with E-state index in [9.17, 15) is 4.79 Å². The summed E-state index contributed by atoms with van der Waals surface area (Å²) in [5.41, 5.74) is 3.20. The van der Waals surface area contributed by atoms with Crippen molar-refractivity contribution < 1.29 is 4.79 Å². The number of aldehydes is 1. The van der Waals surface area contributed by atoms with Gasteiger partial charge in [-0.3, -0.25) is 4.79 Å². The quantitative estimate of drug-likeness (QED) is 0.662. The molecule has 2 nitrogen and oxygen atoms in total. The van der Waals surface area contributed by atoms with E-state index in [1.54, 1.807) is 0 Å². The predicted molar refractivity (Wildman–Crippen MR) is 57.7 cm³/mol. The zero-order valence-corrected chi connectivity index (χ0v) is 8.45. The van der Waals surface area contributed by atoms with Crippen molar-refractivity contribution in [3.8, 4) is 0 Å². The Balaban J connectivity index is 2.76. The number of carbonyl (C=O) groups excluding carboxylic acids is 1. The van der Waals surface area contributed by atoms with E-state index in [0.29, 0.717) is 0 Å². The minimum Gasteiger partial charge on any atom is -0.350 e. The fourth-order valence-corrected chi connectivity index (χ4v) is 1.77. The Morgan fingerprint density at radius 3 is 2.86 bits per heavy atom. The van der Waals surface area contributed by atoms with Crippen molar-refractivity contribution in [3.63, 3.8) is 0 Å². The number of aromatic nitrogens is 1. The Labute approximate surface area is 83.2 Å². The Hall–Kier alpha value is -1.57. The van der Waals surface area contributed by atoms with Gasteiger partial charge in [-0.15, -0.1) is 0 Å². The number of hydrogen-bond acceptors (Lipinski definition) is 1. The minimum absolute atomic E-state index is 0.769. The minimum atomic E-state index is 0.769. The van der Waals surface area contributed by atoms with Gasteiger partial charge in [-0.1, -0.05) is 19.1 Å². The van der Waals surface area contributed by atoms with Crippen LogP contribution in [0.25, 0.3) is 10.9 Å². The van der Waals surface area contributed by atoms with Crippen LogP contribution < -0.4 is 0 Å². The van der Waals surface area contributed by atoms with Crippen LogP contribution in [0, 0.1) is 0 Å². The lowest BCUT2D eigenvalue weighted by atomic mass is 10.1. The van der Waals surface area contributed by atoms with Crippen LogP contribution >= 0.6 is 0 Å². The molecule has 0 atom stereocenters. The summed E-state index contributed by atoms with van der Waals surface area (Å²) in [7, 11) is 1.97. The van der Waals surface area contributed by atoms with E-state index in [4.69, 9.17) is 0 Å². The second-order valence-electron chi connectivity index (χ2n) is 3.52. The van der Waals surface area contributed by atoms with Crippen LogP contribution in [-0.2, 0) is 13.5 Å². The monoisotopic (exact) mass is 187 g/mol. The van der Waals surface area contributed by atoms with E-state index < -0.39 is 0 Å². The van der Waals surface area contributed by atoms with E-state index >= 15 is 0 Å². The van der Waals surface area contributed by atoms with E-state index in [1.165, 1.54) is 5.56 Å². The maximum atomic E-state index is 10.8. The molecule has 0 amide bonds. The van der Waals surface area contributed by atoms with Crippen LogP contribution in [0.4, 0.5) is 0 Å². The number of fused-ring (bicyclic) bond motifs is 1. The van der Waals surface area contributed by atoms with Gasteiger partial charge in [-0.2, -0.15) is 0 Å². The number of aryl methyl sites for hydroxylation is 2. The molecular formula is C12H13NO. The van der Waals surface area contributed by atoms with Crippen molar-refractivity contribution in [3.05, 3.63) is 35.5 Å². The first-order valence-electron chi connectivity index (χ1n) is 4.79. The fraction of sp³-hybridized carbons (Fsp3) is 0.250. The number of benzene rings is 1. The molecule has 2 rings (SSSR count). The average Bonchev–Trinajstić information content (AvgIpc) is 2.55. The lowest BCUT2D eigenvalue weighted by molar-refractivity contribution is 0.112. The fourth-order valence-electron chi connectivity index (χ4n) is 1.77. The van der Waals surface area contributed by atoms with Gasteiger partial charge in [0.15, 0.2) is 6.29 Å². The lowest BCUT2D eigenvalue weighted by Crippen LogP contribution is -1.85. The molecule has 0 bridgehead atoms. The standard InChI is InChI=1S/C12H13NO/c1-3-9-4-5-11-10(8-14)7-13(2)12(11)6-9/h4-8H,3H2,1-2H3. The summed E-state index contributed by atoms with van der Waals surface area (Å²) in [6.07, 6.45) is 3.81. The first-order valence-corrected chi connectivity index (χ1v) is 4.79.